The van der Waals surface area contributed by atoms with Gasteiger partial charge in [0.1, 0.15) is 0 Å². The van der Waals surface area contributed by atoms with Gasteiger partial charge in [0.25, 0.3) is 0 Å². The summed E-state index contributed by atoms with van der Waals surface area (Å²) in [6, 6.07) is 4.64. The average Bonchev–Trinajstić information content (AvgIpc) is 2.45. The van der Waals surface area contributed by atoms with Crippen molar-refractivity contribution in [3.8, 4) is 0 Å². The van der Waals surface area contributed by atoms with Crippen LogP contribution in [0.3, 0.4) is 0 Å². The molecule has 1 atom stereocenters. The number of rotatable bonds is 9. The molecule has 1 aromatic carbocycles. The van der Waals surface area contributed by atoms with Gasteiger partial charge in [-0.3, -0.25) is 0 Å². The van der Waals surface area contributed by atoms with Crippen molar-refractivity contribution in [2.45, 2.75) is 63.4 Å². The molecule has 3 N–H and O–H groups in total. The van der Waals surface area contributed by atoms with Crippen molar-refractivity contribution in [1.29, 1.82) is 0 Å². The van der Waals surface area contributed by atoms with Crippen LogP contribution in [0.15, 0.2) is 23.1 Å². The lowest BCUT2D eigenvalue weighted by Gasteiger charge is -2.18. The van der Waals surface area contributed by atoms with Crippen LogP contribution < -0.4 is 10.5 Å². The van der Waals surface area contributed by atoms with Gasteiger partial charge in [0.15, 0.2) is 0 Å². The summed E-state index contributed by atoms with van der Waals surface area (Å²) in [4.78, 5) is 0.227. The number of nitrogens with one attached hydrogen (secondary N) is 1. The molecule has 1 rings (SSSR count). The molecule has 0 fully saturated rings. The zero-order valence-corrected chi connectivity index (χ0v) is 14.3. The van der Waals surface area contributed by atoms with Crippen molar-refractivity contribution < 1.29 is 8.42 Å². The van der Waals surface area contributed by atoms with Crippen LogP contribution in [0, 0.1) is 0 Å². The molecule has 6 heteroatoms. The summed E-state index contributed by atoms with van der Waals surface area (Å²) >= 11 is 5.98. The van der Waals surface area contributed by atoms with E-state index in [9.17, 15) is 8.42 Å². The number of hydrogen-bond donors (Lipinski definition) is 2. The fourth-order valence-electron chi connectivity index (χ4n) is 2.22. The Morgan fingerprint density at radius 3 is 2.52 bits per heavy atom. The second kappa shape index (κ2) is 8.73. The molecule has 0 aliphatic rings. The minimum atomic E-state index is -3.53. The average molecular weight is 333 g/mol. The van der Waals surface area contributed by atoms with Crippen LogP contribution in [-0.2, 0) is 16.6 Å². The van der Waals surface area contributed by atoms with Crippen molar-refractivity contribution in [1.82, 2.24) is 4.72 Å². The number of benzene rings is 1. The Balaban J connectivity index is 2.93. The summed E-state index contributed by atoms with van der Waals surface area (Å²) in [6.45, 7) is 4.38. The molecule has 0 aromatic heterocycles. The van der Waals surface area contributed by atoms with Crippen LogP contribution >= 0.6 is 11.6 Å². The lowest BCUT2D eigenvalue weighted by Crippen LogP contribution is -2.34. The van der Waals surface area contributed by atoms with E-state index in [0.717, 1.165) is 32.1 Å². The highest BCUT2D eigenvalue weighted by atomic mass is 35.5. The predicted molar refractivity (Wildman–Crippen MR) is 87.9 cm³/mol. The van der Waals surface area contributed by atoms with Crippen molar-refractivity contribution in [3.63, 3.8) is 0 Å². The smallest absolute Gasteiger partial charge is 0.240 e. The maximum absolute atomic E-state index is 12.5. The number of hydrogen-bond acceptors (Lipinski definition) is 3. The minimum absolute atomic E-state index is 0.0167. The third-order valence-corrected chi connectivity index (χ3v) is 5.30. The number of nitrogens with two attached hydrogens (primary N) is 1. The first-order valence-corrected chi connectivity index (χ1v) is 9.31. The first kappa shape index (κ1) is 18.4. The molecule has 1 unspecified atom stereocenters. The van der Waals surface area contributed by atoms with E-state index in [-0.39, 0.29) is 17.5 Å². The van der Waals surface area contributed by atoms with Crippen LogP contribution in [-0.4, -0.2) is 14.5 Å². The normalized spacial score (nSPS) is 13.3. The molecule has 0 aliphatic carbocycles. The van der Waals surface area contributed by atoms with Gasteiger partial charge in [-0.25, -0.2) is 13.1 Å². The monoisotopic (exact) mass is 332 g/mol. The molecule has 0 aliphatic heterocycles. The summed E-state index contributed by atoms with van der Waals surface area (Å²) in [5, 5.41) is 0.493. The van der Waals surface area contributed by atoms with E-state index in [1.165, 1.54) is 6.07 Å². The van der Waals surface area contributed by atoms with Crippen LogP contribution in [0.1, 0.15) is 51.5 Å². The van der Waals surface area contributed by atoms with Gasteiger partial charge in [-0.2, -0.15) is 0 Å². The molecule has 21 heavy (non-hydrogen) atoms. The van der Waals surface area contributed by atoms with Crippen molar-refractivity contribution in [2.75, 3.05) is 0 Å². The Morgan fingerprint density at radius 2 is 1.95 bits per heavy atom. The number of sulfonamides is 1. The van der Waals surface area contributed by atoms with E-state index >= 15 is 0 Å². The van der Waals surface area contributed by atoms with Crippen LogP contribution in [0.4, 0.5) is 0 Å². The van der Waals surface area contributed by atoms with E-state index in [1.807, 2.05) is 0 Å². The van der Waals surface area contributed by atoms with Gasteiger partial charge >= 0.3 is 0 Å². The fourth-order valence-corrected chi connectivity index (χ4v) is 3.77. The lowest BCUT2D eigenvalue weighted by atomic mass is 10.1. The molecule has 0 heterocycles. The van der Waals surface area contributed by atoms with Crippen molar-refractivity contribution >= 4 is 21.6 Å². The maximum atomic E-state index is 12.5. The van der Waals surface area contributed by atoms with E-state index < -0.39 is 10.0 Å². The number of unbranched alkanes of at least 4 members (excludes halogenated alkanes) is 1. The zero-order valence-electron chi connectivity index (χ0n) is 12.7. The number of halogens is 1. The van der Waals surface area contributed by atoms with Gasteiger partial charge in [-0.1, -0.05) is 44.7 Å². The van der Waals surface area contributed by atoms with Crippen molar-refractivity contribution in [2.24, 2.45) is 5.73 Å². The molecule has 120 valence electrons. The van der Waals surface area contributed by atoms with Crippen LogP contribution in [0.5, 0.6) is 0 Å². The molecule has 0 saturated heterocycles. The highest BCUT2D eigenvalue weighted by molar-refractivity contribution is 7.89. The van der Waals surface area contributed by atoms with E-state index in [2.05, 4.69) is 18.6 Å². The summed E-state index contributed by atoms with van der Waals surface area (Å²) in [6.07, 6.45) is 4.73. The molecule has 0 spiro atoms. The van der Waals surface area contributed by atoms with E-state index in [4.69, 9.17) is 17.3 Å². The quantitative estimate of drug-likeness (QED) is 0.727. The highest BCUT2D eigenvalue weighted by Gasteiger charge is 2.20. The Kier molecular flexibility index (Phi) is 7.66. The molecule has 4 nitrogen and oxygen atoms in total. The summed E-state index contributed by atoms with van der Waals surface area (Å²) < 4.78 is 27.7. The summed E-state index contributed by atoms with van der Waals surface area (Å²) in [5.41, 5.74) is 6.22. The summed E-state index contributed by atoms with van der Waals surface area (Å²) in [7, 11) is -3.53. The van der Waals surface area contributed by atoms with Gasteiger partial charge in [-0.05, 0) is 36.6 Å². The molecule has 0 amide bonds. The maximum Gasteiger partial charge on any atom is 0.240 e. The summed E-state index contributed by atoms with van der Waals surface area (Å²) in [5.74, 6) is 0. The first-order chi connectivity index (χ1) is 9.94. The molecule has 0 bridgehead atoms. The van der Waals surface area contributed by atoms with Gasteiger partial charge in [0.05, 0.1) is 4.90 Å². The molecule has 0 radical (unpaired) electrons. The van der Waals surface area contributed by atoms with Gasteiger partial charge in [0, 0.05) is 17.6 Å². The van der Waals surface area contributed by atoms with E-state index in [0.29, 0.717) is 10.6 Å². The molecule has 0 saturated carbocycles. The second-order valence-electron chi connectivity index (χ2n) is 5.21. The Bertz CT molecular complexity index is 547. The SMILES string of the molecule is CCCCC(CCC)NS(=O)(=O)c1ccc(Cl)c(CN)c1. The van der Waals surface area contributed by atoms with Gasteiger partial charge < -0.3 is 5.73 Å². The first-order valence-electron chi connectivity index (χ1n) is 7.45. The Hall–Kier alpha value is -0.620. The largest absolute Gasteiger partial charge is 0.326 e. The molecule has 1 aromatic rings. The highest BCUT2D eigenvalue weighted by Crippen LogP contribution is 2.21. The molecular formula is C15H25ClN2O2S. The van der Waals surface area contributed by atoms with Gasteiger partial charge in [-0.15, -0.1) is 0 Å². The lowest BCUT2D eigenvalue weighted by molar-refractivity contribution is 0.483. The predicted octanol–water partition coefficient (Wildman–Crippen LogP) is 3.44. The third-order valence-electron chi connectivity index (χ3n) is 3.41. The Morgan fingerprint density at radius 1 is 1.24 bits per heavy atom. The van der Waals surface area contributed by atoms with Crippen molar-refractivity contribution in [3.05, 3.63) is 28.8 Å². The topological polar surface area (TPSA) is 72.2 Å². The van der Waals surface area contributed by atoms with E-state index in [1.54, 1.807) is 12.1 Å². The zero-order chi connectivity index (χ0) is 15.9. The standard InChI is InChI=1S/C15H25ClN2O2S/c1-3-5-7-13(6-4-2)18-21(19,20)14-8-9-15(16)12(10-14)11-17/h8-10,13,18H,3-7,11,17H2,1-2H3. The third kappa shape index (κ3) is 5.58. The Labute approximate surface area is 133 Å². The van der Waals surface area contributed by atoms with Crippen LogP contribution in [0.2, 0.25) is 5.02 Å². The second-order valence-corrected chi connectivity index (χ2v) is 7.33. The fraction of sp³-hybridized carbons (Fsp3) is 0.600. The van der Waals surface area contributed by atoms with Crippen LogP contribution in [0.25, 0.3) is 0 Å². The van der Waals surface area contributed by atoms with Gasteiger partial charge in [0.2, 0.25) is 10.0 Å². The minimum Gasteiger partial charge on any atom is -0.326 e. The molecular weight excluding hydrogens is 308 g/mol.